The van der Waals surface area contributed by atoms with Crippen molar-refractivity contribution in [2.24, 2.45) is 0 Å². The molecule has 0 aliphatic carbocycles. The maximum absolute atomic E-state index is 11.2. The van der Waals surface area contributed by atoms with E-state index < -0.39 is 21.7 Å². The summed E-state index contributed by atoms with van der Waals surface area (Å²) in [6.45, 7) is 2.01. The minimum absolute atomic E-state index is 0.892. The van der Waals surface area contributed by atoms with Crippen molar-refractivity contribution in [3.63, 3.8) is 0 Å². The first-order valence-electron chi connectivity index (χ1n) is 1.75. The number of hydrogen-bond donors (Lipinski definition) is 0. The van der Waals surface area contributed by atoms with Gasteiger partial charge < -0.3 is 0 Å². The van der Waals surface area contributed by atoms with Crippen LogP contribution in [0.5, 0.6) is 0 Å². The van der Waals surface area contributed by atoms with Crippen LogP contribution in [0.15, 0.2) is 0 Å². The molecule has 0 aromatic rings. The van der Waals surface area contributed by atoms with Gasteiger partial charge in [-0.25, -0.2) is 0 Å². The van der Waals surface area contributed by atoms with Crippen LogP contribution >= 0.6 is 0 Å². The molecule has 5 heavy (non-hydrogen) atoms. The molecule has 0 aliphatic rings. The van der Waals surface area contributed by atoms with Gasteiger partial charge >= 0.3 is 42.4 Å². The van der Waals surface area contributed by atoms with Gasteiger partial charge in [0.15, 0.2) is 0 Å². The van der Waals surface area contributed by atoms with Gasteiger partial charge in [0, 0.05) is 0 Å². The third-order valence-corrected chi connectivity index (χ3v) is 2.31. The fraction of sp³-hybridized carbons (Fsp3) is 1.00. The van der Waals surface area contributed by atoms with Crippen molar-refractivity contribution >= 4 is 21.7 Å². The number of hydrogen-bond acceptors (Lipinski definition) is 0. The molecular formula is C3H7FSn. The SMILES string of the molecule is CC[CH2][Sn][F]. The Morgan fingerprint density at radius 1 is 1.80 bits per heavy atom. The number of rotatable bonds is 2. The topological polar surface area (TPSA) is 0 Å². The Balaban J connectivity index is 2.19. The molecule has 2 radical (unpaired) electrons. The van der Waals surface area contributed by atoms with Crippen LogP contribution in [0.2, 0.25) is 4.44 Å². The van der Waals surface area contributed by atoms with E-state index in [-0.39, 0.29) is 0 Å². The molecule has 0 aliphatic heterocycles. The van der Waals surface area contributed by atoms with Crippen molar-refractivity contribution < 1.29 is 2.87 Å². The van der Waals surface area contributed by atoms with Crippen molar-refractivity contribution in [3.05, 3.63) is 0 Å². The molecule has 0 aromatic heterocycles. The average molecular weight is 181 g/mol. The molecule has 0 rings (SSSR count). The third kappa shape index (κ3) is 4.73. The quantitative estimate of drug-likeness (QED) is 0.564. The van der Waals surface area contributed by atoms with E-state index in [4.69, 9.17) is 0 Å². The van der Waals surface area contributed by atoms with Crippen LogP contribution in [-0.2, 0) is 0 Å². The molecule has 0 spiro atoms. The number of halogens is 1. The fourth-order valence-corrected chi connectivity index (χ4v) is 0.634. The molecule has 0 unspecified atom stereocenters. The monoisotopic (exact) mass is 182 g/mol. The van der Waals surface area contributed by atoms with Crippen LogP contribution in [0.1, 0.15) is 13.3 Å². The van der Waals surface area contributed by atoms with Crippen LogP contribution < -0.4 is 0 Å². The van der Waals surface area contributed by atoms with Gasteiger partial charge in [0.1, 0.15) is 0 Å². The van der Waals surface area contributed by atoms with E-state index in [1.807, 2.05) is 6.92 Å². The fourth-order valence-electron chi connectivity index (χ4n) is 0.0945. The molecule has 30 valence electrons. The van der Waals surface area contributed by atoms with E-state index in [0.717, 1.165) is 10.9 Å². The molecule has 0 saturated carbocycles. The maximum atomic E-state index is 11.2. The molecule has 2 heteroatoms. The Hall–Kier alpha value is 0.729. The standard InChI is InChI=1S/C3H7.FH.Sn/c1-3-2;;/h1,3H2,2H3;1H;/q;;+1/p-1. The summed E-state index contributed by atoms with van der Waals surface area (Å²) in [5, 5.41) is 0. The molecule has 0 aromatic carbocycles. The van der Waals surface area contributed by atoms with Gasteiger partial charge in [0.2, 0.25) is 0 Å². The first-order chi connectivity index (χ1) is 2.41. The zero-order valence-electron chi connectivity index (χ0n) is 3.29. The van der Waals surface area contributed by atoms with E-state index in [1.165, 1.54) is 0 Å². The minimum atomic E-state index is -1.29. The molecule has 0 nitrogen and oxygen atoms in total. The van der Waals surface area contributed by atoms with Crippen LogP contribution in [0.3, 0.4) is 0 Å². The summed E-state index contributed by atoms with van der Waals surface area (Å²) >= 11 is -1.29. The molecule has 0 heterocycles. The van der Waals surface area contributed by atoms with Gasteiger partial charge in [-0.1, -0.05) is 0 Å². The first kappa shape index (κ1) is 5.73. The Kier molecular flexibility index (Phi) is 5.42. The van der Waals surface area contributed by atoms with E-state index in [9.17, 15) is 2.87 Å². The van der Waals surface area contributed by atoms with Gasteiger partial charge in [0.25, 0.3) is 0 Å². The summed E-state index contributed by atoms with van der Waals surface area (Å²) in [6.07, 6.45) is 1.04. The normalized spacial score (nSPS) is 8.40. The van der Waals surface area contributed by atoms with Gasteiger partial charge in [-0.05, 0) is 0 Å². The van der Waals surface area contributed by atoms with Crippen LogP contribution in [-0.4, -0.2) is 21.7 Å². The first-order valence-corrected chi connectivity index (χ1v) is 4.85. The molecule has 0 fully saturated rings. The van der Waals surface area contributed by atoms with Crippen molar-refractivity contribution in [3.8, 4) is 0 Å². The summed E-state index contributed by atoms with van der Waals surface area (Å²) in [6, 6.07) is 0. The van der Waals surface area contributed by atoms with Crippen LogP contribution in [0.25, 0.3) is 0 Å². The Labute approximate surface area is 42.8 Å². The third-order valence-electron chi connectivity index (χ3n) is 0.344. The van der Waals surface area contributed by atoms with E-state index in [2.05, 4.69) is 0 Å². The second-order valence-corrected chi connectivity index (χ2v) is 3.07. The van der Waals surface area contributed by atoms with E-state index >= 15 is 0 Å². The van der Waals surface area contributed by atoms with Crippen LogP contribution in [0, 0.1) is 0 Å². The molecule has 0 N–H and O–H groups in total. The molecule has 0 saturated heterocycles. The second kappa shape index (κ2) is 4.73. The van der Waals surface area contributed by atoms with Crippen molar-refractivity contribution in [2.75, 3.05) is 0 Å². The van der Waals surface area contributed by atoms with Gasteiger partial charge in [0.05, 0.1) is 0 Å². The van der Waals surface area contributed by atoms with Gasteiger partial charge in [-0.15, -0.1) is 0 Å². The van der Waals surface area contributed by atoms with E-state index in [1.54, 1.807) is 0 Å². The van der Waals surface area contributed by atoms with Gasteiger partial charge in [-0.3, -0.25) is 0 Å². The predicted molar refractivity (Wildman–Crippen MR) is 22.0 cm³/mol. The summed E-state index contributed by atoms with van der Waals surface area (Å²) in [4.78, 5) is 0. The Morgan fingerprint density at radius 2 is 2.40 bits per heavy atom. The van der Waals surface area contributed by atoms with E-state index in [0.29, 0.717) is 0 Å². The second-order valence-electron chi connectivity index (χ2n) is 0.884. The zero-order chi connectivity index (χ0) is 4.12. The summed E-state index contributed by atoms with van der Waals surface area (Å²) in [7, 11) is 0. The molecule has 0 amide bonds. The molecular weight excluding hydrogens is 174 g/mol. The summed E-state index contributed by atoms with van der Waals surface area (Å²) in [5.41, 5.74) is 0. The van der Waals surface area contributed by atoms with Crippen LogP contribution in [0.4, 0.5) is 2.87 Å². The molecule has 0 bridgehead atoms. The predicted octanol–water partition coefficient (Wildman–Crippen LogP) is 1.40. The van der Waals surface area contributed by atoms with Crippen molar-refractivity contribution in [1.29, 1.82) is 0 Å². The summed E-state index contributed by atoms with van der Waals surface area (Å²) in [5.74, 6) is 0. The van der Waals surface area contributed by atoms with Crippen molar-refractivity contribution in [1.82, 2.24) is 0 Å². The van der Waals surface area contributed by atoms with Crippen molar-refractivity contribution in [2.45, 2.75) is 17.8 Å². The average Bonchev–Trinajstić information content (AvgIpc) is 1.41. The zero-order valence-corrected chi connectivity index (χ0v) is 6.15. The van der Waals surface area contributed by atoms with Gasteiger partial charge in [-0.2, -0.15) is 0 Å². The Bertz CT molecular complexity index is 14.4. The molecule has 0 atom stereocenters. The Morgan fingerprint density at radius 3 is 2.40 bits per heavy atom. The summed E-state index contributed by atoms with van der Waals surface area (Å²) < 4.78 is 12.1.